The van der Waals surface area contributed by atoms with Crippen LogP contribution in [-0.2, 0) is 5.41 Å². The molecule has 2 heteroatoms. The van der Waals surface area contributed by atoms with Gasteiger partial charge < -0.3 is 5.73 Å². The zero-order valence-electron chi connectivity index (χ0n) is 13.8. The lowest BCUT2D eigenvalue weighted by Gasteiger charge is -2.31. The summed E-state index contributed by atoms with van der Waals surface area (Å²) >= 11 is 0. The molecule has 112 valence electrons. The monoisotopic (exact) mass is 274 g/mol. The molecule has 0 aliphatic carbocycles. The summed E-state index contributed by atoms with van der Waals surface area (Å²) in [6, 6.07) is 5.12. The van der Waals surface area contributed by atoms with E-state index in [0.717, 1.165) is 6.54 Å². The molecule has 1 atom stereocenters. The molecule has 2 nitrogen and oxygen atoms in total. The van der Waals surface area contributed by atoms with Crippen molar-refractivity contribution in [2.45, 2.75) is 58.9 Å². The Bertz CT molecular complexity index is 442. The number of nitrogens with two attached hydrogens (primary N) is 1. The van der Waals surface area contributed by atoms with E-state index in [1.807, 2.05) is 0 Å². The Hall–Kier alpha value is -0.860. The minimum absolute atomic E-state index is 0.208. The third kappa shape index (κ3) is 3.07. The van der Waals surface area contributed by atoms with E-state index < -0.39 is 0 Å². The Morgan fingerprint density at radius 1 is 1.10 bits per heavy atom. The summed E-state index contributed by atoms with van der Waals surface area (Å²) in [5.41, 5.74) is 12.0. The first-order valence-electron chi connectivity index (χ1n) is 7.90. The third-order valence-electron chi connectivity index (χ3n) is 4.60. The van der Waals surface area contributed by atoms with Crippen LogP contribution < -0.4 is 5.73 Å². The maximum Gasteiger partial charge on any atom is 0.0475 e. The Labute approximate surface area is 124 Å². The number of hydrogen-bond acceptors (Lipinski definition) is 2. The van der Waals surface area contributed by atoms with E-state index in [1.54, 1.807) is 0 Å². The highest BCUT2D eigenvalue weighted by atomic mass is 15.2. The third-order valence-corrected chi connectivity index (χ3v) is 4.60. The molecule has 0 spiro atoms. The molecule has 1 saturated heterocycles. The first kappa shape index (κ1) is 15.5. The molecule has 1 unspecified atom stereocenters. The van der Waals surface area contributed by atoms with Crippen molar-refractivity contribution in [2.75, 3.05) is 19.6 Å². The quantitative estimate of drug-likeness (QED) is 0.910. The first-order chi connectivity index (χ1) is 9.34. The highest BCUT2D eigenvalue weighted by Crippen LogP contribution is 2.33. The lowest BCUT2D eigenvalue weighted by molar-refractivity contribution is 0.250. The molecule has 0 bridgehead atoms. The fourth-order valence-corrected chi connectivity index (χ4v) is 3.44. The van der Waals surface area contributed by atoms with Crippen LogP contribution in [-0.4, -0.2) is 24.5 Å². The smallest absolute Gasteiger partial charge is 0.0475 e. The molecule has 0 amide bonds. The average Bonchev–Trinajstić information content (AvgIpc) is 2.85. The van der Waals surface area contributed by atoms with Crippen LogP contribution >= 0.6 is 0 Å². The van der Waals surface area contributed by atoms with Crippen LogP contribution in [0.3, 0.4) is 0 Å². The minimum Gasteiger partial charge on any atom is -0.329 e. The van der Waals surface area contributed by atoms with E-state index in [0.29, 0.717) is 6.04 Å². The van der Waals surface area contributed by atoms with Gasteiger partial charge >= 0.3 is 0 Å². The normalized spacial score (nSPS) is 18.5. The van der Waals surface area contributed by atoms with Crippen molar-refractivity contribution in [3.05, 3.63) is 34.4 Å². The molecule has 1 aromatic carbocycles. The van der Waals surface area contributed by atoms with Crippen LogP contribution in [0.15, 0.2) is 12.1 Å². The topological polar surface area (TPSA) is 29.3 Å². The molecule has 1 aromatic rings. The van der Waals surface area contributed by atoms with Crippen LogP contribution in [0.5, 0.6) is 0 Å². The molecule has 0 radical (unpaired) electrons. The molecule has 1 heterocycles. The van der Waals surface area contributed by atoms with Crippen molar-refractivity contribution >= 4 is 0 Å². The number of likely N-dealkylation sites (tertiary alicyclic amines) is 1. The van der Waals surface area contributed by atoms with E-state index >= 15 is 0 Å². The summed E-state index contributed by atoms with van der Waals surface area (Å²) in [6.45, 7) is 14.4. The standard InChI is InChI=1S/C18H30N2/c1-13-10-15(18(3,4)5)11-14(2)17(13)16(12-19)20-8-6-7-9-20/h10-11,16H,6-9,12,19H2,1-5H3. The molecular formula is C18H30N2. The van der Waals surface area contributed by atoms with Gasteiger partial charge in [0.1, 0.15) is 0 Å². The van der Waals surface area contributed by atoms with Crippen molar-refractivity contribution in [3.63, 3.8) is 0 Å². The van der Waals surface area contributed by atoms with E-state index in [1.165, 1.54) is 48.2 Å². The second-order valence-corrected chi connectivity index (χ2v) is 7.27. The summed E-state index contributed by atoms with van der Waals surface area (Å²) in [5, 5.41) is 0. The molecule has 1 fully saturated rings. The molecule has 2 rings (SSSR count). The van der Waals surface area contributed by atoms with Crippen LogP contribution in [0, 0.1) is 13.8 Å². The number of nitrogens with zero attached hydrogens (tertiary/aromatic N) is 1. The molecule has 1 aliphatic heterocycles. The highest BCUT2D eigenvalue weighted by Gasteiger charge is 2.26. The summed E-state index contributed by atoms with van der Waals surface area (Å²) in [7, 11) is 0. The number of rotatable bonds is 3. The van der Waals surface area contributed by atoms with E-state index in [2.05, 4.69) is 51.7 Å². The van der Waals surface area contributed by atoms with Gasteiger partial charge in [-0.2, -0.15) is 0 Å². The summed E-state index contributed by atoms with van der Waals surface area (Å²) in [5.74, 6) is 0. The predicted octanol–water partition coefficient (Wildman–Crippen LogP) is 3.70. The number of benzene rings is 1. The number of aryl methyl sites for hydroxylation is 2. The van der Waals surface area contributed by atoms with Crippen LogP contribution in [0.1, 0.15) is 61.9 Å². The zero-order valence-corrected chi connectivity index (χ0v) is 13.8. The molecule has 20 heavy (non-hydrogen) atoms. The van der Waals surface area contributed by atoms with Crippen molar-refractivity contribution < 1.29 is 0 Å². The van der Waals surface area contributed by atoms with Gasteiger partial charge in [0, 0.05) is 12.6 Å². The largest absolute Gasteiger partial charge is 0.329 e. The highest BCUT2D eigenvalue weighted by molar-refractivity contribution is 5.42. The van der Waals surface area contributed by atoms with Gasteiger partial charge in [0.2, 0.25) is 0 Å². The minimum atomic E-state index is 0.208. The maximum atomic E-state index is 6.10. The second-order valence-electron chi connectivity index (χ2n) is 7.27. The van der Waals surface area contributed by atoms with Crippen molar-refractivity contribution in [2.24, 2.45) is 5.73 Å². The molecular weight excluding hydrogens is 244 g/mol. The van der Waals surface area contributed by atoms with E-state index in [9.17, 15) is 0 Å². The van der Waals surface area contributed by atoms with Gasteiger partial charge in [0.05, 0.1) is 0 Å². The van der Waals surface area contributed by atoms with Crippen molar-refractivity contribution in [3.8, 4) is 0 Å². The lowest BCUT2D eigenvalue weighted by atomic mass is 9.82. The van der Waals surface area contributed by atoms with Crippen LogP contribution in [0.25, 0.3) is 0 Å². The van der Waals surface area contributed by atoms with E-state index in [-0.39, 0.29) is 5.41 Å². The SMILES string of the molecule is Cc1cc(C(C)(C)C)cc(C)c1C(CN)N1CCCC1. The maximum absolute atomic E-state index is 6.10. The van der Waals surface area contributed by atoms with Gasteiger partial charge in [-0.25, -0.2) is 0 Å². The lowest BCUT2D eigenvalue weighted by Crippen LogP contribution is -2.32. The van der Waals surface area contributed by atoms with Crippen molar-refractivity contribution in [1.82, 2.24) is 4.90 Å². The van der Waals surface area contributed by atoms with Crippen LogP contribution in [0.4, 0.5) is 0 Å². The van der Waals surface area contributed by atoms with Gasteiger partial charge in [-0.3, -0.25) is 4.90 Å². The van der Waals surface area contributed by atoms with Gasteiger partial charge in [-0.15, -0.1) is 0 Å². The zero-order chi connectivity index (χ0) is 14.9. The summed E-state index contributed by atoms with van der Waals surface area (Å²) < 4.78 is 0. The Kier molecular flexibility index (Phi) is 4.55. The summed E-state index contributed by atoms with van der Waals surface area (Å²) in [4.78, 5) is 2.56. The predicted molar refractivity (Wildman–Crippen MR) is 87.2 cm³/mol. The van der Waals surface area contributed by atoms with Gasteiger partial charge in [-0.05, 0) is 67.4 Å². The first-order valence-corrected chi connectivity index (χ1v) is 7.90. The Morgan fingerprint density at radius 3 is 2.00 bits per heavy atom. The molecule has 0 saturated carbocycles. The van der Waals surface area contributed by atoms with Gasteiger partial charge in [0.25, 0.3) is 0 Å². The van der Waals surface area contributed by atoms with Crippen molar-refractivity contribution in [1.29, 1.82) is 0 Å². The van der Waals surface area contributed by atoms with E-state index in [4.69, 9.17) is 5.73 Å². The fraction of sp³-hybridized carbons (Fsp3) is 0.667. The van der Waals surface area contributed by atoms with Gasteiger partial charge in [0.15, 0.2) is 0 Å². The number of hydrogen-bond donors (Lipinski definition) is 1. The fourth-order valence-electron chi connectivity index (χ4n) is 3.44. The Morgan fingerprint density at radius 2 is 1.60 bits per heavy atom. The molecule has 2 N–H and O–H groups in total. The summed E-state index contributed by atoms with van der Waals surface area (Å²) in [6.07, 6.45) is 2.63. The second kappa shape index (κ2) is 5.87. The molecule has 1 aliphatic rings. The average molecular weight is 274 g/mol. The molecule has 0 aromatic heterocycles. The van der Waals surface area contributed by atoms with Crippen LogP contribution in [0.2, 0.25) is 0 Å². The Balaban J connectivity index is 2.40. The van der Waals surface area contributed by atoms with Gasteiger partial charge in [-0.1, -0.05) is 32.9 Å².